The van der Waals surface area contributed by atoms with Gasteiger partial charge in [-0.2, -0.15) is 0 Å². The number of benzene rings is 2. The van der Waals surface area contributed by atoms with Crippen LogP contribution in [0, 0.1) is 35.0 Å². The third kappa shape index (κ3) is 3.75. The molecule has 2 aromatic rings. The number of imide groups is 2. The van der Waals surface area contributed by atoms with E-state index in [0.717, 1.165) is 48.0 Å². The van der Waals surface area contributed by atoms with Crippen molar-refractivity contribution in [1.29, 1.82) is 0 Å². The lowest BCUT2D eigenvalue weighted by molar-refractivity contribution is -0.144. The van der Waals surface area contributed by atoms with Gasteiger partial charge in [0.15, 0.2) is 0 Å². The Balaban J connectivity index is 1.33. The molecule has 4 heterocycles. The topological polar surface area (TPSA) is 93.2 Å². The molecule has 0 aromatic heterocycles. The van der Waals surface area contributed by atoms with Gasteiger partial charge in [0.05, 0.1) is 49.0 Å². The molecule has 0 N–H and O–H groups in total. The predicted octanol–water partition coefficient (Wildman–Crippen LogP) is 3.81. The van der Waals surface area contributed by atoms with Gasteiger partial charge in [0.25, 0.3) is 0 Å². The Morgan fingerprint density at radius 1 is 0.651 bits per heavy atom. The number of hydrogen-bond donors (Lipinski definition) is 0. The fraction of sp³-hybridized carbons (Fsp3) is 0.486. The number of carbonyl (C=O) groups excluding carboxylic acids is 4. The van der Waals surface area contributed by atoms with E-state index in [9.17, 15) is 19.2 Å². The first kappa shape index (κ1) is 27.0. The number of nitrogens with zero attached hydrogens (tertiary/aromatic N) is 2. The van der Waals surface area contributed by atoms with E-state index >= 15 is 0 Å². The van der Waals surface area contributed by atoms with E-state index in [4.69, 9.17) is 9.47 Å². The minimum atomic E-state index is -1.08. The van der Waals surface area contributed by atoms with Crippen molar-refractivity contribution in [3.05, 3.63) is 71.8 Å². The number of hydrogen-bond acceptors (Lipinski definition) is 6. The second-order valence-corrected chi connectivity index (χ2v) is 13.2. The Hall–Kier alpha value is -3.62. The van der Waals surface area contributed by atoms with Gasteiger partial charge in [-0.1, -0.05) is 67.6 Å². The largest absolute Gasteiger partial charge is 0.376 e. The van der Waals surface area contributed by atoms with Crippen molar-refractivity contribution in [3.8, 4) is 0 Å². The highest BCUT2D eigenvalue weighted by molar-refractivity contribution is 6.17. The number of carbonyl (C=O) groups is 4. The van der Waals surface area contributed by atoms with Crippen molar-refractivity contribution in [1.82, 2.24) is 9.80 Å². The van der Waals surface area contributed by atoms with E-state index in [1.54, 1.807) is 0 Å². The van der Waals surface area contributed by atoms with Gasteiger partial charge in [0, 0.05) is 24.5 Å². The lowest BCUT2D eigenvalue weighted by Gasteiger charge is -2.57. The zero-order valence-corrected chi connectivity index (χ0v) is 24.3. The molecule has 2 aromatic carbocycles. The van der Waals surface area contributed by atoms with Crippen LogP contribution in [0.25, 0.3) is 11.1 Å². The Labute approximate surface area is 251 Å². The monoisotopic (exact) mass is 580 g/mol. The number of likely N-dealkylation sites (tertiary alicyclic amines) is 2. The summed E-state index contributed by atoms with van der Waals surface area (Å²) >= 11 is 0. The van der Waals surface area contributed by atoms with E-state index in [1.165, 1.54) is 9.80 Å². The molecule has 3 aliphatic carbocycles. The molecule has 2 unspecified atom stereocenters. The maximum absolute atomic E-state index is 14.5. The molecule has 4 saturated heterocycles. The highest BCUT2D eigenvalue weighted by Gasteiger charge is 2.76. The third-order valence-electron chi connectivity index (χ3n) is 11.1. The van der Waals surface area contributed by atoms with Gasteiger partial charge in [0.2, 0.25) is 23.6 Å². The summed E-state index contributed by atoms with van der Waals surface area (Å²) in [6, 6.07) is 19.8. The van der Waals surface area contributed by atoms with Gasteiger partial charge < -0.3 is 9.47 Å². The first-order chi connectivity index (χ1) is 20.9. The molecule has 222 valence electrons. The molecule has 2 bridgehead atoms. The summed E-state index contributed by atoms with van der Waals surface area (Å²) in [5, 5.41) is 0. The fourth-order valence-corrected chi connectivity index (χ4v) is 9.40. The van der Waals surface area contributed by atoms with Crippen molar-refractivity contribution >= 4 is 34.8 Å². The van der Waals surface area contributed by atoms with Crippen LogP contribution >= 0.6 is 0 Å². The van der Waals surface area contributed by atoms with E-state index in [0.29, 0.717) is 13.2 Å². The summed E-state index contributed by atoms with van der Waals surface area (Å²) in [6.07, 6.45) is 3.04. The van der Waals surface area contributed by atoms with Crippen molar-refractivity contribution < 1.29 is 28.7 Å². The fourth-order valence-electron chi connectivity index (χ4n) is 9.40. The molecule has 9 rings (SSSR count). The Morgan fingerprint density at radius 3 is 1.56 bits per heavy atom. The van der Waals surface area contributed by atoms with Crippen LogP contribution in [0.5, 0.6) is 0 Å². The van der Waals surface area contributed by atoms with Crippen LogP contribution in [0.4, 0.5) is 0 Å². The Kier molecular flexibility index (Phi) is 6.25. The number of allylic oxidation sites excluding steroid dienone is 2. The van der Waals surface area contributed by atoms with Crippen LogP contribution in [0.1, 0.15) is 43.7 Å². The lowest BCUT2D eigenvalue weighted by atomic mass is 9.41. The van der Waals surface area contributed by atoms with Crippen LogP contribution in [-0.4, -0.2) is 71.9 Å². The van der Waals surface area contributed by atoms with E-state index < -0.39 is 35.0 Å². The molecule has 4 amide bonds. The average Bonchev–Trinajstić information content (AvgIpc) is 3.83. The van der Waals surface area contributed by atoms with Gasteiger partial charge >= 0.3 is 0 Å². The normalized spacial score (nSPS) is 36.7. The van der Waals surface area contributed by atoms with Crippen LogP contribution < -0.4 is 0 Å². The maximum atomic E-state index is 14.5. The van der Waals surface area contributed by atoms with Crippen LogP contribution in [0.15, 0.2) is 60.7 Å². The standard InChI is InChI=1S/C35H36N2O6/c1-35-28(21-12-6-3-7-13-21)24(20-10-4-2-5-11-20)25(26-29(35)33(40)36(31(26)38)18-22-14-8-16-42-22)27-30(35)34(41)37(32(27)39)19-23-15-9-17-43-23/h2-7,10-13,22-23,25-27,29-30H,8-9,14-19H2,1H3/t22-,23+,25?,26-,27-,29+,30-,35?/m0/s1. The molecule has 0 radical (unpaired) electrons. The predicted molar refractivity (Wildman–Crippen MR) is 157 cm³/mol. The average molecular weight is 581 g/mol. The molecule has 4 aliphatic heterocycles. The third-order valence-corrected chi connectivity index (χ3v) is 11.1. The van der Waals surface area contributed by atoms with Crippen molar-refractivity contribution in [2.24, 2.45) is 35.0 Å². The minimum Gasteiger partial charge on any atom is -0.376 e. The van der Waals surface area contributed by atoms with Crippen LogP contribution in [-0.2, 0) is 28.7 Å². The molecule has 8 heteroatoms. The first-order valence-corrected chi connectivity index (χ1v) is 15.7. The summed E-state index contributed by atoms with van der Waals surface area (Å²) in [5.74, 6) is -4.48. The summed E-state index contributed by atoms with van der Waals surface area (Å²) in [7, 11) is 0. The molecule has 5 fully saturated rings. The summed E-state index contributed by atoms with van der Waals surface area (Å²) in [5.41, 5.74) is 2.59. The highest BCUT2D eigenvalue weighted by atomic mass is 16.5. The van der Waals surface area contributed by atoms with Gasteiger partial charge in [-0.3, -0.25) is 29.0 Å². The summed E-state index contributed by atoms with van der Waals surface area (Å²) in [4.78, 5) is 60.6. The zero-order chi connectivity index (χ0) is 29.5. The molecule has 7 aliphatic rings. The lowest BCUT2D eigenvalue weighted by Crippen LogP contribution is -2.59. The second-order valence-electron chi connectivity index (χ2n) is 13.2. The van der Waals surface area contributed by atoms with Gasteiger partial charge in [-0.25, -0.2) is 0 Å². The van der Waals surface area contributed by atoms with Gasteiger partial charge in [-0.05, 0) is 48.0 Å². The second kappa shape index (κ2) is 9.96. The van der Waals surface area contributed by atoms with Crippen LogP contribution in [0.3, 0.4) is 0 Å². The smallest absolute Gasteiger partial charge is 0.234 e. The van der Waals surface area contributed by atoms with Gasteiger partial charge in [-0.15, -0.1) is 0 Å². The number of rotatable bonds is 6. The van der Waals surface area contributed by atoms with Gasteiger partial charge in [0.1, 0.15) is 0 Å². The molecule has 1 saturated carbocycles. The quantitative estimate of drug-likeness (QED) is 0.483. The van der Waals surface area contributed by atoms with Crippen LogP contribution in [0.2, 0.25) is 0 Å². The Morgan fingerprint density at radius 2 is 1.12 bits per heavy atom. The van der Waals surface area contributed by atoms with Crippen molar-refractivity contribution in [3.63, 3.8) is 0 Å². The maximum Gasteiger partial charge on any atom is 0.234 e. The molecule has 8 nitrogen and oxygen atoms in total. The molecule has 8 atom stereocenters. The SMILES string of the molecule is CC12C(c3ccccc3)=C(c3ccccc3)C([C@@H]3C(=O)N(C[C@H]4CCCO4)C(=O)[C@H]31)[C@@H]1C(=O)N(C[C@@H]3CCCO3)C(=O)[C@@H]12. The highest BCUT2D eigenvalue weighted by Crippen LogP contribution is 2.72. The molecule has 0 spiro atoms. The minimum absolute atomic E-state index is 0.182. The Bertz CT molecular complexity index is 1460. The van der Waals surface area contributed by atoms with Crippen molar-refractivity contribution in [2.75, 3.05) is 26.3 Å². The number of amides is 4. The molecular formula is C35H36N2O6. The molecule has 43 heavy (non-hydrogen) atoms. The van der Waals surface area contributed by atoms with E-state index in [-0.39, 0.29) is 48.9 Å². The van der Waals surface area contributed by atoms with E-state index in [1.807, 2.05) is 67.6 Å². The zero-order valence-electron chi connectivity index (χ0n) is 24.3. The van der Waals surface area contributed by atoms with Crippen molar-refractivity contribution in [2.45, 2.75) is 44.8 Å². The summed E-state index contributed by atoms with van der Waals surface area (Å²) in [6.45, 7) is 3.66. The number of ether oxygens (including phenoxy) is 2. The first-order valence-electron chi connectivity index (χ1n) is 15.7. The summed E-state index contributed by atoms with van der Waals surface area (Å²) < 4.78 is 11.7. The van der Waals surface area contributed by atoms with E-state index in [2.05, 4.69) is 0 Å². The molecular weight excluding hydrogens is 544 g/mol.